The normalized spacial score (nSPS) is 24.5. The molecule has 1 aliphatic rings. The molecule has 1 saturated heterocycles. The van der Waals surface area contributed by atoms with Crippen molar-refractivity contribution in [2.45, 2.75) is 39.3 Å². The van der Waals surface area contributed by atoms with Gasteiger partial charge in [-0.15, -0.1) is 0 Å². The van der Waals surface area contributed by atoms with E-state index in [1.165, 1.54) is 0 Å². The molecule has 3 heteroatoms. The summed E-state index contributed by atoms with van der Waals surface area (Å²) in [5.74, 6) is 0. The molecule has 1 heterocycles. The van der Waals surface area contributed by atoms with Crippen LogP contribution in [0, 0.1) is 16.7 Å². The smallest absolute Gasteiger partial charge is 0.0991 e. The van der Waals surface area contributed by atoms with Crippen LogP contribution < -0.4 is 5.32 Å². The Labute approximate surface area is 115 Å². The molecule has 1 aliphatic heterocycles. The lowest BCUT2D eigenvalue weighted by atomic mass is 9.85. The van der Waals surface area contributed by atoms with Crippen molar-refractivity contribution in [1.82, 2.24) is 5.32 Å². The second-order valence-corrected chi connectivity index (χ2v) is 6.21. The van der Waals surface area contributed by atoms with Crippen molar-refractivity contribution in [3.8, 4) is 6.07 Å². The highest BCUT2D eigenvalue weighted by atomic mass is 16.5. The van der Waals surface area contributed by atoms with E-state index in [4.69, 9.17) is 10.00 Å². The predicted molar refractivity (Wildman–Crippen MR) is 75.7 cm³/mol. The standard InChI is InChI=1S/C16H22N2O/c1-16(2,3)15-7-8-19-14(11-18-15)13-6-4-5-12(9-13)10-17/h4-6,9,14-15,18H,7-8,11H2,1-3H3. The number of ether oxygens (including phenoxy) is 1. The number of rotatable bonds is 1. The van der Waals surface area contributed by atoms with Gasteiger partial charge in [0.25, 0.3) is 0 Å². The summed E-state index contributed by atoms with van der Waals surface area (Å²) in [4.78, 5) is 0. The molecule has 0 amide bonds. The van der Waals surface area contributed by atoms with E-state index in [0.29, 0.717) is 11.6 Å². The molecule has 2 rings (SSSR count). The van der Waals surface area contributed by atoms with Gasteiger partial charge in [0.2, 0.25) is 0 Å². The van der Waals surface area contributed by atoms with Gasteiger partial charge >= 0.3 is 0 Å². The third-order valence-corrected chi connectivity index (χ3v) is 3.71. The average molecular weight is 258 g/mol. The summed E-state index contributed by atoms with van der Waals surface area (Å²) < 4.78 is 5.94. The quantitative estimate of drug-likeness (QED) is 0.842. The molecule has 1 aromatic rings. The monoisotopic (exact) mass is 258 g/mol. The molecule has 102 valence electrons. The van der Waals surface area contributed by atoms with Gasteiger partial charge in [-0.1, -0.05) is 32.9 Å². The summed E-state index contributed by atoms with van der Waals surface area (Å²) in [6, 6.07) is 10.3. The minimum absolute atomic E-state index is 0.0423. The lowest BCUT2D eigenvalue weighted by Crippen LogP contribution is -2.40. The van der Waals surface area contributed by atoms with E-state index >= 15 is 0 Å². The number of nitriles is 1. The van der Waals surface area contributed by atoms with Gasteiger partial charge in [0.1, 0.15) is 0 Å². The zero-order chi connectivity index (χ0) is 13.9. The van der Waals surface area contributed by atoms with Crippen molar-refractivity contribution in [3.63, 3.8) is 0 Å². The molecule has 0 radical (unpaired) electrons. The Morgan fingerprint density at radius 3 is 2.84 bits per heavy atom. The van der Waals surface area contributed by atoms with Crippen LogP contribution in [-0.4, -0.2) is 19.2 Å². The van der Waals surface area contributed by atoms with Crippen LogP contribution in [-0.2, 0) is 4.74 Å². The minimum Gasteiger partial charge on any atom is -0.372 e. The molecule has 19 heavy (non-hydrogen) atoms. The van der Waals surface area contributed by atoms with Gasteiger partial charge in [-0.05, 0) is 29.5 Å². The van der Waals surface area contributed by atoms with Crippen molar-refractivity contribution in [2.75, 3.05) is 13.2 Å². The average Bonchev–Trinajstić information content (AvgIpc) is 2.64. The predicted octanol–water partition coefficient (Wildman–Crippen LogP) is 3.02. The van der Waals surface area contributed by atoms with E-state index in [-0.39, 0.29) is 11.5 Å². The first kappa shape index (κ1) is 14.0. The van der Waals surface area contributed by atoms with Crippen molar-refractivity contribution in [3.05, 3.63) is 35.4 Å². The fraction of sp³-hybridized carbons (Fsp3) is 0.562. The third-order valence-electron chi connectivity index (χ3n) is 3.71. The van der Waals surface area contributed by atoms with Gasteiger partial charge in [0, 0.05) is 19.2 Å². The number of nitrogens with zero attached hydrogens (tertiary/aromatic N) is 1. The Morgan fingerprint density at radius 2 is 2.16 bits per heavy atom. The van der Waals surface area contributed by atoms with Crippen LogP contribution in [0.3, 0.4) is 0 Å². The molecule has 0 aliphatic carbocycles. The van der Waals surface area contributed by atoms with E-state index in [0.717, 1.165) is 25.1 Å². The zero-order valence-corrected chi connectivity index (χ0v) is 11.9. The fourth-order valence-electron chi connectivity index (χ4n) is 2.50. The number of hydrogen-bond acceptors (Lipinski definition) is 3. The molecule has 1 fully saturated rings. The van der Waals surface area contributed by atoms with Gasteiger partial charge in [0.15, 0.2) is 0 Å². The topological polar surface area (TPSA) is 45.0 Å². The summed E-state index contributed by atoms with van der Waals surface area (Å²) >= 11 is 0. The molecule has 1 N–H and O–H groups in total. The van der Waals surface area contributed by atoms with E-state index in [1.807, 2.05) is 24.3 Å². The first-order valence-corrected chi connectivity index (χ1v) is 6.86. The lowest BCUT2D eigenvalue weighted by Gasteiger charge is -2.30. The highest BCUT2D eigenvalue weighted by molar-refractivity contribution is 5.34. The summed E-state index contributed by atoms with van der Waals surface area (Å²) in [6.45, 7) is 8.32. The SMILES string of the molecule is CC(C)(C)C1CCOC(c2cccc(C#N)c2)CN1. The van der Waals surface area contributed by atoms with Crippen LogP contribution in [0.15, 0.2) is 24.3 Å². The van der Waals surface area contributed by atoms with Gasteiger partial charge in [-0.3, -0.25) is 0 Å². The molecule has 1 aromatic carbocycles. The molecular formula is C16H22N2O. The largest absolute Gasteiger partial charge is 0.372 e. The molecule has 2 atom stereocenters. The number of nitrogens with one attached hydrogen (secondary N) is 1. The van der Waals surface area contributed by atoms with Crippen LogP contribution in [0.5, 0.6) is 0 Å². The van der Waals surface area contributed by atoms with Crippen molar-refractivity contribution < 1.29 is 4.74 Å². The number of hydrogen-bond donors (Lipinski definition) is 1. The maximum Gasteiger partial charge on any atom is 0.0991 e. The number of benzene rings is 1. The van der Waals surface area contributed by atoms with Gasteiger partial charge in [0.05, 0.1) is 17.7 Å². The second kappa shape index (κ2) is 5.73. The van der Waals surface area contributed by atoms with Crippen LogP contribution in [0.1, 0.15) is 44.4 Å². The summed E-state index contributed by atoms with van der Waals surface area (Å²) in [5.41, 5.74) is 2.02. The Morgan fingerprint density at radius 1 is 1.37 bits per heavy atom. The molecule has 0 saturated carbocycles. The van der Waals surface area contributed by atoms with Crippen LogP contribution in [0.4, 0.5) is 0 Å². The molecule has 0 spiro atoms. The Kier molecular flexibility index (Phi) is 4.24. The highest BCUT2D eigenvalue weighted by Crippen LogP contribution is 2.27. The van der Waals surface area contributed by atoms with Crippen molar-refractivity contribution in [1.29, 1.82) is 5.26 Å². The Bertz CT molecular complexity index is 470. The molecule has 2 unspecified atom stereocenters. The van der Waals surface area contributed by atoms with E-state index < -0.39 is 0 Å². The first-order chi connectivity index (χ1) is 9.00. The van der Waals surface area contributed by atoms with Gasteiger partial charge in [-0.2, -0.15) is 5.26 Å². The van der Waals surface area contributed by atoms with Crippen LogP contribution in [0.2, 0.25) is 0 Å². The third kappa shape index (κ3) is 3.56. The van der Waals surface area contributed by atoms with E-state index in [1.54, 1.807) is 0 Å². The summed E-state index contributed by atoms with van der Waals surface area (Å²) in [6.07, 6.45) is 1.07. The molecule has 0 aromatic heterocycles. The molecule has 0 bridgehead atoms. The Hall–Kier alpha value is -1.37. The Balaban J connectivity index is 2.09. The molecular weight excluding hydrogens is 236 g/mol. The van der Waals surface area contributed by atoms with Gasteiger partial charge in [-0.25, -0.2) is 0 Å². The van der Waals surface area contributed by atoms with Crippen LogP contribution >= 0.6 is 0 Å². The first-order valence-electron chi connectivity index (χ1n) is 6.86. The van der Waals surface area contributed by atoms with Crippen LogP contribution in [0.25, 0.3) is 0 Å². The lowest BCUT2D eigenvalue weighted by molar-refractivity contribution is 0.0653. The maximum absolute atomic E-state index is 8.96. The minimum atomic E-state index is 0.0423. The summed E-state index contributed by atoms with van der Waals surface area (Å²) in [5, 5.41) is 12.6. The summed E-state index contributed by atoms with van der Waals surface area (Å²) in [7, 11) is 0. The second-order valence-electron chi connectivity index (χ2n) is 6.21. The van der Waals surface area contributed by atoms with E-state index in [2.05, 4.69) is 32.2 Å². The fourth-order valence-corrected chi connectivity index (χ4v) is 2.50. The van der Waals surface area contributed by atoms with Crippen molar-refractivity contribution in [2.24, 2.45) is 5.41 Å². The molecule has 3 nitrogen and oxygen atoms in total. The maximum atomic E-state index is 8.96. The zero-order valence-electron chi connectivity index (χ0n) is 11.9. The highest BCUT2D eigenvalue weighted by Gasteiger charge is 2.28. The van der Waals surface area contributed by atoms with E-state index in [9.17, 15) is 0 Å². The van der Waals surface area contributed by atoms with Gasteiger partial charge < -0.3 is 10.1 Å². The van der Waals surface area contributed by atoms with Crippen molar-refractivity contribution >= 4 is 0 Å².